The van der Waals surface area contributed by atoms with Gasteiger partial charge in [0.15, 0.2) is 0 Å². The van der Waals surface area contributed by atoms with Crippen LogP contribution in [-0.2, 0) is 0 Å². The highest BCUT2D eigenvalue weighted by molar-refractivity contribution is 4.83. The molecular weight excluding hydrogens is 224 g/mol. The molecule has 0 saturated heterocycles. The van der Waals surface area contributed by atoms with Gasteiger partial charge in [-0.3, -0.25) is 0 Å². The summed E-state index contributed by atoms with van der Waals surface area (Å²) in [5.41, 5.74) is 0. The van der Waals surface area contributed by atoms with Crippen LogP contribution in [0.3, 0.4) is 0 Å². The SMILES string of the molecule is CCCCN(CCO)CC1CCCCC1NCC. The molecule has 0 spiro atoms. The lowest BCUT2D eigenvalue weighted by atomic mass is 9.84. The number of rotatable bonds is 9. The third-order valence-electron chi connectivity index (χ3n) is 4.11. The fraction of sp³-hybridized carbons (Fsp3) is 1.00. The summed E-state index contributed by atoms with van der Waals surface area (Å²) < 4.78 is 0. The van der Waals surface area contributed by atoms with E-state index in [-0.39, 0.29) is 0 Å². The standard InChI is InChI=1S/C15H32N2O/c1-3-5-10-17(11-12-18)13-14-8-6-7-9-15(14)16-4-2/h14-16,18H,3-13H2,1-2H3. The van der Waals surface area contributed by atoms with Crippen LogP contribution in [0, 0.1) is 5.92 Å². The van der Waals surface area contributed by atoms with E-state index in [1.807, 2.05) is 0 Å². The van der Waals surface area contributed by atoms with Gasteiger partial charge in [-0.15, -0.1) is 0 Å². The maximum absolute atomic E-state index is 9.18. The highest BCUT2D eigenvalue weighted by Crippen LogP contribution is 2.25. The van der Waals surface area contributed by atoms with Gasteiger partial charge in [-0.05, 0) is 38.3 Å². The molecule has 1 aliphatic carbocycles. The van der Waals surface area contributed by atoms with E-state index in [0.29, 0.717) is 12.6 Å². The van der Waals surface area contributed by atoms with Crippen LogP contribution in [0.25, 0.3) is 0 Å². The number of hydrogen-bond donors (Lipinski definition) is 2. The van der Waals surface area contributed by atoms with Gasteiger partial charge in [-0.2, -0.15) is 0 Å². The molecule has 2 atom stereocenters. The first kappa shape index (κ1) is 15.9. The van der Waals surface area contributed by atoms with Crippen molar-refractivity contribution in [3.63, 3.8) is 0 Å². The lowest BCUT2D eigenvalue weighted by Crippen LogP contribution is -2.45. The predicted octanol–water partition coefficient (Wildman–Crippen LogP) is 2.25. The summed E-state index contributed by atoms with van der Waals surface area (Å²) in [6.45, 7) is 8.96. The van der Waals surface area contributed by atoms with Gasteiger partial charge in [0.1, 0.15) is 0 Å². The van der Waals surface area contributed by atoms with Gasteiger partial charge >= 0.3 is 0 Å². The van der Waals surface area contributed by atoms with E-state index in [1.54, 1.807) is 0 Å². The number of aliphatic hydroxyl groups is 1. The zero-order chi connectivity index (χ0) is 13.2. The van der Waals surface area contributed by atoms with E-state index in [9.17, 15) is 5.11 Å². The largest absolute Gasteiger partial charge is 0.395 e. The van der Waals surface area contributed by atoms with Crippen molar-refractivity contribution in [3.05, 3.63) is 0 Å². The molecule has 1 saturated carbocycles. The van der Waals surface area contributed by atoms with E-state index in [1.165, 1.54) is 38.5 Å². The van der Waals surface area contributed by atoms with Crippen molar-refractivity contribution in [1.82, 2.24) is 10.2 Å². The normalized spacial score (nSPS) is 24.7. The minimum atomic E-state index is 0.294. The molecule has 0 amide bonds. The monoisotopic (exact) mass is 256 g/mol. The third kappa shape index (κ3) is 5.68. The van der Waals surface area contributed by atoms with E-state index in [2.05, 4.69) is 24.1 Å². The fourth-order valence-corrected chi connectivity index (χ4v) is 3.11. The predicted molar refractivity (Wildman–Crippen MR) is 77.9 cm³/mol. The van der Waals surface area contributed by atoms with Gasteiger partial charge in [0.05, 0.1) is 6.61 Å². The van der Waals surface area contributed by atoms with E-state index < -0.39 is 0 Å². The van der Waals surface area contributed by atoms with Crippen LogP contribution in [0.15, 0.2) is 0 Å². The molecule has 0 radical (unpaired) electrons. The molecule has 108 valence electrons. The van der Waals surface area contributed by atoms with Crippen molar-refractivity contribution >= 4 is 0 Å². The molecule has 0 aromatic heterocycles. The summed E-state index contributed by atoms with van der Waals surface area (Å²) in [6, 6.07) is 0.701. The number of hydrogen-bond acceptors (Lipinski definition) is 3. The Balaban J connectivity index is 2.42. The molecule has 0 aromatic rings. The van der Waals surface area contributed by atoms with Crippen LogP contribution in [-0.4, -0.2) is 48.8 Å². The summed E-state index contributed by atoms with van der Waals surface area (Å²) in [5, 5.41) is 12.8. The van der Waals surface area contributed by atoms with Crippen molar-refractivity contribution < 1.29 is 5.11 Å². The van der Waals surface area contributed by atoms with Crippen LogP contribution in [0.2, 0.25) is 0 Å². The van der Waals surface area contributed by atoms with Gasteiger partial charge in [0.25, 0.3) is 0 Å². The van der Waals surface area contributed by atoms with Gasteiger partial charge in [-0.25, -0.2) is 0 Å². The van der Waals surface area contributed by atoms with Gasteiger partial charge in [-0.1, -0.05) is 33.1 Å². The second kappa shape index (κ2) is 9.76. The first-order valence-corrected chi connectivity index (χ1v) is 7.88. The van der Waals surface area contributed by atoms with Crippen LogP contribution in [0.4, 0.5) is 0 Å². The zero-order valence-electron chi connectivity index (χ0n) is 12.3. The Morgan fingerprint density at radius 2 is 1.94 bits per heavy atom. The molecule has 1 aliphatic rings. The topological polar surface area (TPSA) is 35.5 Å². The third-order valence-corrected chi connectivity index (χ3v) is 4.11. The molecular formula is C15H32N2O. The molecule has 1 rings (SSSR count). The Morgan fingerprint density at radius 1 is 1.17 bits per heavy atom. The quantitative estimate of drug-likeness (QED) is 0.664. The highest BCUT2D eigenvalue weighted by Gasteiger charge is 2.25. The van der Waals surface area contributed by atoms with Crippen LogP contribution < -0.4 is 5.32 Å². The molecule has 0 aliphatic heterocycles. The Hall–Kier alpha value is -0.120. The Morgan fingerprint density at radius 3 is 2.61 bits per heavy atom. The summed E-state index contributed by atoms with van der Waals surface area (Å²) in [5.74, 6) is 0.780. The summed E-state index contributed by atoms with van der Waals surface area (Å²) in [6.07, 6.45) is 7.93. The first-order chi connectivity index (χ1) is 8.81. The average Bonchev–Trinajstić information content (AvgIpc) is 2.39. The average molecular weight is 256 g/mol. The van der Waals surface area contributed by atoms with Gasteiger partial charge in [0.2, 0.25) is 0 Å². The minimum absolute atomic E-state index is 0.294. The van der Waals surface area contributed by atoms with E-state index in [4.69, 9.17) is 0 Å². The number of aliphatic hydroxyl groups excluding tert-OH is 1. The van der Waals surface area contributed by atoms with Crippen LogP contribution in [0.5, 0.6) is 0 Å². The van der Waals surface area contributed by atoms with Gasteiger partial charge in [0, 0.05) is 19.1 Å². The van der Waals surface area contributed by atoms with Crippen LogP contribution >= 0.6 is 0 Å². The molecule has 18 heavy (non-hydrogen) atoms. The maximum atomic E-state index is 9.18. The molecule has 0 heterocycles. The van der Waals surface area contributed by atoms with Crippen molar-refractivity contribution in [2.24, 2.45) is 5.92 Å². The molecule has 2 N–H and O–H groups in total. The Labute approximate surface area is 113 Å². The lowest BCUT2D eigenvalue weighted by molar-refractivity contribution is 0.140. The van der Waals surface area contributed by atoms with Crippen LogP contribution in [0.1, 0.15) is 52.4 Å². The van der Waals surface area contributed by atoms with Crippen molar-refractivity contribution in [2.75, 3.05) is 32.8 Å². The molecule has 2 unspecified atom stereocenters. The highest BCUT2D eigenvalue weighted by atomic mass is 16.3. The zero-order valence-corrected chi connectivity index (χ0v) is 12.3. The molecule has 1 fully saturated rings. The number of nitrogens with one attached hydrogen (secondary N) is 1. The second-order valence-electron chi connectivity index (χ2n) is 5.59. The maximum Gasteiger partial charge on any atom is 0.0558 e. The Bertz CT molecular complexity index is 197. The molecule has 3 heteroatoms. The smallest absolute Gasteiger partial charge is 0.0558 e. The minimum Gasteiger partial charge on any atom is -0.395 e. The number of unbranched alkanes of at least 4 members (excludes halogenated alkanes) is 1. The fourth-order valence-electron chi connectivity index (χ4n) is 3.11. The Kier molecular flexibility index (Phi) is 8.64. The van der Waals surface area contributed by atoms with Gasteiger partial charge < -0.3 is 15.3 Å². The van der Waals surface area contributed by atoms with E-state index >= 15 is 0 Å². The second-order valence-corrected chi connectivity index (χ2v) is 5.59. The molecule has 3 nitrogen and oxygen atoms in total. The summed E-state index contributed by atoms with van der Waals surface area (Å²) >= 11 is 0. The van der Waals surface area contributed by atoms with Crippen molar-refractivity contribution in [1.29, 1.82) is 0 Å². The first-order valence-electron chi connectivity index (χ1n) is 7.88. The van der Waals surface area contributed by atoms with E-state index in [0.717, 1.165) is 32.1 Å². The van der Waals surface area contributed by atoms with Crippen molar-refractivity contribution in [2.45, 2.75) is 58.4 Å². The number of nitrogens with zero attached hydrogens (tertiary/aromatic N) is 1. The summed E-state index contributed by atoms with van der Waals surface area (Å²) in [4.78, 5) is 2.46. The molecule has 0 bridgehead atoms. The summed E-state index contributed by atoms with van der Waals surface area (Å²) in [7, 11) is 0. The van der Waals surface area contributed by atoms with Crippen molar-refractivity contribution in [3.8, 4) is 0 Å². The lowest BCUT2D eigenvalue weighted by Gasteiger charge is -2.36. The molecule has 0 aromatic carbocycles.